The molecule has 1 aromatic heterocycles. The third kappa shape index (κ3) is 5.02. The van der Waals surface area contributed by atoms with E-state index in [2.05, 4.69) is 43.1 Å². The normalized spacial score (nSPS) is 11.1. The van der Waals surface area contributed by atoms with Crippen LogP contribution in [0.15, 0.2) is 52.1 Å². The lowest BCUT2D eigenvalue weighted by Gasteiger charge is -2.13. The lowest BCUT2D eigenvalue weighted by atomic mass is 10.0. The Kier molecular flexibility index (Phi) is 6.22. The molecule has 26 heavy (non-hydrogen) atoms. The quantitative estimate of drug-likeness (QED) is 0.462. The lowest BCUT2D eigenvalue weighted by molar-refractivity contribution is 0.249. The molecule has 0 saturated carbocycles. The van der Waals surface area contributed by atoms with Gasteiger partial charge in [0.15, 0.2) is 6.61 Å². The SMILES string of the molecule is Cc1ccc(C(C)C)c(OCc2nnc(SCc3ccc(Cl)cc3)o2)c1. The maximum absolute atomic E-state index is 5.93. The molecule has 1 heterocycles. The molecule has 0 unspecified atom stereocenters. The highest BCUT2D eigenvalue weighted by Crippen LogP contribution is 2.28. The monoisotopic (exact) mass is 388 g/mol. The molecule has 0 aliphatic carbocycles. The van der Waals surface area contributed by atoms with Crippen molar-refractivity contribution in [3.8, 4) is 5.75 Å². The molecule has 0 spiro atoms. The van der Waals surface area contributed by atoms with Gasteiger partial charge in [-0.3, -0.25) is 0 Å². The maximum Gasteiger partial charge on any atom is 0.277 e. The van der Waals surface area contributed by atoms with Gasteiger partial charge in [-0.1, -0.05) is 61.5 Å². The number of aromatic nitrogens is 2. The largest absolute Gasteiger partial charge is 0.484 e. The van der Waals surface area contributed by atoms with Crippen molar-refractivity contribution in [3.05, 3.63) is 70.1 Å². The molecule has 0 saturated heterocycles. The Morgan fingerprint density at radius 3 is 2.62 bits per heavy atom. The minimum Gasteiger partial charge on any atom is -0.484 e. The Morgan fingerprint density at radius 2 is 1.88 bits per heavy atom. The molecule has 6 heteroatoms. The van der Waals surface area contributed by atoms with Gasteiger partial charge in [-0.2, -0.15) is 0 Å². The second-order valence-corrected chi connectivity index (χ2v) is 7.72. The highest BCUT2D eigenvalue weighted by Gasteiger charge is 2.11. The van der Waals surface area contributed by atoms with Crippen molar-refractivity contribution in [2.45, 2.75) is 44.3 Å². The average molecular weight is 389 g/mol. The number of rotatable bonds is 7. The van der Waals surface area contributed by atoms with Crippen molar-refractivity contribution in [2.75, 3.05) is 0 Å². The number of benzene rings is 2. The molecule has 0 atom stereocenters. The number of ether oxygens (including phenoxy) is 1. The molecule has 0 bridgehead atoms. The van der Waals surface area contributed by atoms with E-state index in [1.165, 1.54) is 17.3 Å². The summed E-state index contributed by atoms with van der Waals surface area (Å²) in [5.74, 6) is 2.47. The van der Waals surface area contributed by atoms with Crippen molar-refractivity contribution in [1.29, 1.82) is 0 Å². The zero-order valence-electron chi connectivity index (χ0n) is 15.0. The van der Waals surface area contributed by atoms with Crippen LogP contribution in [0, 0.1) is 6.92 Å². The Hall–Kier alpha value is -1.98. The van der Waals surface area contributed by atoms with E-state index in [1.54, 1.807) is 0 Å². The third-order valence-electron chi connectivity index (χ3n) is 3.87. The first-order chi connectivity index (χ1) is 12.5. The van der Waals surface area contributed by atoms with E-state index in [1.807, 2.05) is 30.3 Å². The molecule has 2 aromatic carbocycles. The lowest BCUT2D eigenvalue weighted by Crippen LogP contribution is -2.00. The fraction of sp³-hybridized carbons (Fsp3) is 0.300. The third-order valence-corrected chi connectivity index (χ3v) is 5.01. The van der Waals surface area contributed by atoms with Crippen molar-refractivity contribution in [2.24, 2.45) is 0 Å². The van der Waals surface area contributed by atoms with Gasteiger partial charge < -0.3 is 9.15 Å². The second kappa shape index (κ2) is 8.60. The van der Waals surface area contributed by atoms with Crippen LogP contribution < -0.4 is 4.74 Å². The number of hydrogen-bond acceptors (Lipinski definition) is 5. The summed E-state index contributed by atoms with van der Waals surface area (Å²) in [4.78, 5) is 0. The molecule has 0 amide bonds. The van der Waals surface area contributed by atoms with Crippen LogP contribution in [-0.2, 0) is 12.4 Å². The Labute approximate surface area is 162 Å². The van der Waals surface area contributed by atoms with Gasteiger partial charge in [0.25, 0.3) is 11.1 Å². The van der Waals surface area contributed by atoms with Gasteiger partial charge >= 0.3 is 0 Å². The van der Waals surface area contributed by atoms with Crippen molar-refractivity contribution >= 4 is 23.4 Å². The molecule has 0 aliphatic heterocycles. The minimum absolute atomic E-state index is 0.262. The van der Waals surface area contributed by atoms with Crippen LogP contribution in [0.3, 0.4) is 0 Å². The summed E-state index contributed by atoms with van der Waals surface area (Å²) in [6.07, 6.45) is 0. The fourth-order valence-corrected chi connectivity index (χ4v) is 3.33. The molecule has 0 aliphatic rings. The second-order valence-electron chi connectivity index (χ2n) is 6.36. The maximum atomic E-state index is 5.93. The topological polar surface area (TPSA) is 48.2 Å². The summed E-state index contributed by atoms with van der Waals surface area (Å²) in [5, 5.41) is 9.41. The van der Waals surface area contributed by atoms with E-state index < -0.39 is 0 Å². The first kappa shape index (κ1) is 18.8. The van der Waals surface area contributed by atoms with E-state index in [4.69, 9.17) is 20.8 Å². The Bertz CT molecular complexity index is 863. The molecule has 0 N–H and O–H groups in total. The Balaban J connectivity index is 1.59. The van der Waals surface area contributed by atoms with E-state index in [9.17, 15) is 0 Å². The van der Waals surface area contributed by atoms with Crippen molar-refractivity contribution in [3.63, 3.8) is 0 Å². The van der Waals surface area contributed by atoms with Crippen LogP contribution in [0.4, 0.5) is 0 Å². The number of aryl methyl sites for hydroxylation is 1. The highest BCUT2D eigenvalue weighted by molar-refractivity contribution is 7.98. The van der Waals surface area contributed by atoms with E-state index >= 15 is 0 Å². The standard InChI is InChI=1S/C20H21ClN2O2S/c1-13(2)17-9-4-14(3)10-18(17)24-11-19-22-23-20(25-19)26-12-15-5-7-16(21)8-6-15/h4-10,13H,11-12H2,1-3H3. The van der Waals surface area contributed by atoms with Crippen LogP contribution in [0.1, 0.15) is 42.3 Å². The average Bonchev–Trinajstić information content (AvgIpc) is 3.07. The zero-order chi connectivity index (χ0) is 18.5. The molecule has 4 nitrogen and oxygen atoms in total. The first-order valence-electron chi connectivity index (χ1n) is 8.44. The molecule has 3 aromatic rings. The summed E-state index contributed by atoms with van der Waals surface area (Å²) >= 11 is 7.39. The van der Waals surface area contributed by atoms with Gasteiger partial charge in [0, 0.05) is 10.8 Å². The van der Waals surface area contributed by atoms with Crippen LogP contribution in [-0.4, -0.2) is 10.2 Å². The first-order valence-corrected chi connectivity index (χ1v) is 9.80. The number of halogens is 1. The van der Waals surface area contributed by atoms with Gasteiger partial charge in [-0.15, -0.1) is 10.2 Å². The van der Waals surface area contributed by atoms with Crippen molar-refractivity contribution < 1.29 is 9.15 Å². The molecular weight excluding hydrogens is 368 g/mol. The number of nitrogens with zero attached hydrogens (tertiary/aromatic N) is 2. The molecule has 0 radical (unpaired) electrons. The summed E-state index contributed by atoms with van der Waals surface area (Å²) < 4.78 is 11.6. The van der Waals surface area contributed by atoms with Crippen molar-refractivity contribution in [1.82, 2.24) is 10.2 Å². The highest BCUT2D eigenvalue weighted by atomic mass is 35.5. The fourth-order valence-electron chi connectivity index (χ4n) is 2.46. The van der Waals surface area contributed by atoms with Crippen LogP contribution >= 0.6 is 23.4 Å². The van der Waals surface area contributed by atoms with Crippen LogP contribution in [0.25, 0.3) is 0 Å². The van der Waals surface area contributed by atoms with Crippen LogP contribution in [0.5, 0.6) is 5.75 Å². The molecule has 3 rings (SSSR count). The van der Waals surface area contributed by atoms with Gasteiger partial charge in [-0.05, 0) is 47.7 Å². The summed E-state index contributed by atoms with van der Waals surface area (Å²) in [7, 11) is 0. The van der Waals surface area contributed by atoms with Gasteiger partial charge in [0.2, 0.25) is 0 Å². The predicted octanol–water partition coefficient (Wildman–Crippen LogP) is 6.03. The van der Waals surface area contributed by atoms with Crippen LogP contribution in [0.2, 0.25) is 5.02 Å². The predicted molar refractivity (Wildman–Crippen MR) is 105 cm³/mol. The zero-order valence-corrected chi connectivity index (χ0v) is 16.6. The van der Waals surface area contributed by atoms with E-state index in [0.29, 0.717) is 17.0 Å². The molecular formula is C20H21ClN2O2S. The summed E-state index contributed by atoms with van der Waals surface area (Å²) in [5.41, 5.74) is 3.48. The number of thioether (sulfide) groups is 1. The van der Waals surface area contributed by atoms with Gasteiger partial charge in [-0.25, -0.2) is 0 Å². The van der Waals surface area contributed by atoms with Gasteiger partial charge in [0.1, 0.15) is 5.75 Å². The molecule has 136 valence electrons. The number of hydrogen-bond donors (Lipinski definition) is 0. The summed E-state index contributed by atoms with van der Waals surface area (Å²) in [6, 6.07) is 14.0. The van der Waals surface area contributed by atoms with E-state index in [0.717, 1.165) is 27.7 Å². The minimum atomic E-state index is 0.262. The van der Waals surface area contributed by atoms with Gasteiger partial charge in [0.05, 0.1) is 0 Å². The van der Waals surface area contributed by atoms with E-state index in [-0.39, 0.29) is 6.61 Å². The Morgan fingerprint density at radius 1 is 1.12 bits per heavy atom. The summed E-state index contributed by atoms with van der Waals surface area (Å²) in [6.45, 7) is 6.61. The smallest absolute Gasteiger partial charge is 0.277 e. The molecule has 0 fully saturated rings.